The topological polar surface area (TPSA) is 49.6 Å². The van der Waals surface area contributed by atoms with E-state index in [-0.39, 0.29) is 10.6 Å². The molecular weight excluding hydrogens is 290 g/mol. The summed E-state index contributed by atoms with van der Waals surface area (Å²) in [6, 6.07) is 7.76. The number of non-ortho nitro benzene ring substituents is 1. The highest BCUT2D eigenvalue weighted by Crippen LogP contribution is 2.22. The molecule has 0 saturated carbocycles. The molecule has 23 heavy (non-hydrogen) atoms. The molecule has 0 aliphatic carbocycles. The van der Waals surface area contributed by atoms with Crippen molar-refractivity contribution in [2.24, 2.45) is 0 Å². The Morgan fingerprint density at radius 1 is 0.957 bits per heavy atom. The first-order chi connectivity index (χ1) is 11.2. The zero-order valence-electron chi connectivity index (χ0n) is 13.8. The highest BCUT2D eigenvalue weighted by atomic mass is 16.6. The minimum absolute atomic E-state index is 0.175. The van der Waals surface area contributed by atoms with Crippen molar-refractivity contribution in [3.05, 3.63) is 39.9 Å². The van der Waals surface area contributed by atoms with Crippen molar-refractivity contribution < 1.29 is 4.92 Å². The van der Waals surface area contributed by atoms with Crippen LogP contribution in [-0.4, -0.2) is 46.9 Å². The van der Waals surface area contributed by atoms with Gasteiger partial charge in [0.25, 0.3) is 5.69 Å². The molecule has 0 radical (unpaired) electrons. The summed E-state index contributed by atoms with van der Waals surface area (Å²) < 4.78 is 0. The number of hydrogen-bond acceptors (Lipinski definition) is 4. The highest BCUT2D eigenvalue weighted by molar-refractivity contribution is 5.32. The predicted octanol–water partition coefficient (Wildman–Crippen LogP) is 3.44. The average Bonchev–Trinajstić information content (AvgIpc) is 2.85. The molecule has 2 aliphatic rings. The fourth-order valence-electron chi connectivity index (χ4n) is 3.88. The van der Waals surface area contributed by atoms with Crippen LogP contribution in [0.3, 0.4) is 0 Å². The van der Waals surface area contributed by atoms with Crippen LogP contribution in [0.2, 0.25) is 0 Å². The standard InChI is InChI=1S/C18H27N3O2/c22-21(23)18-7-5-16(6-8-18)15-19-13-9-17(10-14-19)20-11-3-1-2-4-12-20/h5-8,17H,1-4,9-15H2. The molecule has 2 saturated heterocycles. The molecule has 0 amide bonds. The molecule has 0 spiro atoms. The number of rotatable bonds is 4. The van der Waals surface area contributed by atoms with Crippen LogP contribution in [0.5, 0.6) is 0 Å². The van der Waals surface area contributed by atoms with E-state index in [1.165, 1.54) is 57.2 Å². The number of nitrogens with zero attached hydrogens (tertiary/aromatic N) is 3. The first-order valence-corrected chi connectivity index (χ1v) is 8.92. The molecule has 126 valence electrons. The monoisotopic (exact) mass is 317 g/mol. The predicted molar refractivity (Wildman–Crippen MR) is 91.4 cm³/mol. The number of nitro groups is 1. The Hall–Kier alpha value is -1.46. The van der Waals surface area contributed by atoms with Gasteiger partial charge in [0.05, 0.1) is 4.92 Å². The van der Waals surface area contributed by atoms with Crippen molar-refractivity contribution in [2.75, 3.05) is 26.2 Å². The Kier molecular flexibility index (Phi) is 5.62. The number of piperidine rings is 1. The van der Waals surface area contributed by atoms with Crippen LogP contribution in [0.15, 0.2) is 24.3 Å². The normalized spacial score (nSPS) is 21.9. The van der Waals surface area contributed by atoms with Gasteiger partial charge >= 0.3 is 0 Å². The maximum Gasteiger partial charge on any atom is 0.269 e. The summed E-state index contributed by atoms with van der Waals surface area (Å²) in [7, 11) is 0. The van der Waals surface area contributed by atoms with Crippen molar-refractivity contribution in [3.8, 4) is 0 Å². The van der Waals surface area contributed by atoms with Crippen LogP contribution in [0.4, 0.5) is 5.69 Å². The Labute approximate surface area is 138 Å². The fourth-order valence-corrected chi connectivity index (χ4v) is 3.88. The van der Waals surface area contributed by atoms with E-state index in [0.29, 0.717) is 0 Å². The van der Waals surface area contributed by atoms with Gasteiger partial charge in [-0.2, -0.15) is 0 Å². The maximum atomic E-state index is 10.7. The van der Waals surface area contributed by atoms with Crippen molar-refractivity contribution in [2.45, 2.75) is 51.1 Å². The van der Waals surface area contributed by atoms with Gasteiger partial charge in [0.2, 0.25) is 0 Å². The lowest BCUT2D eigenvalue weighted by Crippen LogP contribution is -2.45. The van der Waals surface area contributed by atoms with Crippen LogP contribution < -0.4 is 0 Å². The fraction of sp³-hybridized carbons (Fsp3) is 0.667. The molecule has 2 fully saturated rings. The maximum absolute atomic E-state index is 10.7. The molecule has 2 heterocycles. The SMILES string of the molecule is O=[N+]([O-])c1ccc(CN2CCC(N3CCCCCC3)CC2)cc1. The number of likely N-dealkylation sites (tertiary alicyclic amines) is 2. The summed E-state index contributed by atoms with van der Waals surface area (Å²) >= 11 is 0. The Morgan fingerprint density at radius 2 is 1.57 bits per heavy atom. The summed E-state index contributed by atoms with van der Waals surface area (Å²) in [5, 5.41) is 10.7. The van der Waals surface area contributed by atoms with Gasteiger partial charge in [-0.1, -0.05) is 25.0 Å². The summed E-state index contributed by atoms with van der Waals surface area (Å²) in [4.78, 5) is 15.6. The second kappa shape index (κ2) is 7.88. The molecule has 1 aromatic rings. The van der Waals surface area contributed by atoms with Crippen LogP contribution in [0.25, 0.3) is 0 Å². The number of nitro benzene ring substituents is 1. The molecular formula is C18H27N3O2. The molecule has 0 N–H and O–H groups in total. The van der Waals surface area contributed by atoms with E-state index in [1.54, 1.807) is 12.1 Å². The van der Waals surface area contributed by atoms with Gasteiger partial charge in [-0.05, 0) is 57.4 Å². The van der Waals surface area contributed by atoms with Crippen molar-refractivity contribution in [3.63, 3.8) is 0 Å². The minimum Gasteiger partial charge on any atom is -0.300 e. The third-order valence-electron chi connectivity index (χ3n) is 5.27. The second-order valence-electron chi connectivity index (χ2n) is 6.88. The Balaban J connectivity index is 1.47. The molecule has 5 nitrogen and oxygen atoms in total. The second-order valence-corrected chi connectivity index (χ2v) is 6.88. The minimum atomic E-state index is -0.337. The number of hydrogen-bond donors (Lipinski definition) is 0. The van der Waals surface area contributed by atoms with E-state index in [1.807, 2.05) is 12.1 Å². The lowest BCUT2D eigenvalue weighted by molar-refractivity contribution is -0.384. The molecule has 0 atom stereocenters. The van der Waals surface area contributed by atoms with Crippen LogP contribution in [0, 0.1) is 10.1 Å². The molecule has 0 bridgehead atoms. The van der Waals surface area contributed by atoms with E-state index in [4.69, 9.17) is 0 Å². The quantitative estimate of drug-likeness (QED) is 0.630. The van der Waals surface area contributed by atoms with Gasteiger partial charge in [0.15, 0.2) is 0 Å². The van der Waals surface area contributed by atoms with Gasteiger partial charge in [-0.25, -0.2) is 0 Å². The van der Waals surface area contributed by atoms with Crippen LogP contribution >= 0.6 is 0 Å². The largest absolute Gasteiger partial charge is 0.300 e. The smallest absolute Gasteiger partial charge is 0.269 e. The number of benzene rings is 1. The Bertz CT molecular complexity index is 502. The summed E-state index contributed by atoms with van der Waals surface area (Å²) in [6.45, 7) is 5.75. The molecule has 2 aliphatic heterocycles. The zero-order chi connectivity index (χ0) is 16.1. The average molecular weight is 317 g/mol. The van der Waals surface area contributed by atoms with Gasteiger partial charge in [-0.15, -0.1) is 0 Å². The molecule has 1 aromatic carbocycles. The first kappa shape index (κ1) is 16.4. The van der Waals surface area contributed by atoms with Crippen molar-refractivity contribution in [1.29, 1.82) is 0 Å². The molecule has 0 unspecified atom stereocenters. The molecule has 0 aromatic heterocycles. The third kappa shape index (κ3) is 4.52. The van der Waals surface area contributed by atoms with Gasteiger partial charge in [0.1, 0.15) is 0 Å². The van der Waals surface area contributed by atoms with E-state index in [0.717, 1.165) is 25.7 Å². The summed E-state index contributed by atoms with van der Waals surface area (Å²) in [6.07, 6.45) is 8.04. The third-order valence-corrected chi connectivity index (χ3v) is 5.27. The first-order valence-electron chi connectivity index (χ1n) is 8.92. The van der Waals surface area contributed by atoms with E-state index < -0.39 is 0 Å². The van der Waals surface area contributed by atoms with E-state index in [2.05, 4.69) is 9.80 Å². The lowest BCUT2D eigenvalue weighted by atomic mass is 10.0. The van der Waals surface area contributed by atoms with Gasteiger partial charge < -0.3 is 4.90 Å². The molecule has 3 rings (SSSR count). The van der Waals surface area contributed by atoms with Crippen LogP contribution in [-0.2, 0) is 6.54 Å². The van der Waals surface area contributed by atoms with Crippen molar-refractivity contribution in [1.82, 2.24) is 9.80 Å². The van der Waals surface area contributed by atoms with Crippen molar-refractivity contribution >= 4 is 5.69 Å². The summed E-state index contributed by atoms with van der Waals surface area (Å²) in [5.41, 5.74) is 1.34. The van der Waals surface area contributed by atoms with E-state index >= 15 is 0 Å². The molecule has 5 heteroatoms. The summed E-state index contributed by atoms with van der Waals surface area (Å²) in [5.74, 6) is 0. The highest BCUT2D eigenvalue weighted by Gasteiger charge is 2.25. The van der Waals surface area contributed by atoms with E-state index in [9.17, 15) is 10.1 Å². The Morgan fingerprint density at radius 3 is 2.13 bits per heavy atom. The lowest BCUT2D eigenvalue weighted by Gasteiger charge is -2.38. The zero-order valence-corrected chi connectivity index (χ0v) is 13.8. The van der Waals surface area contributed by atoms with Gasteiger partial charge in [-0.3, -0.25) is 15.0 Å². The van der Waals surface area contributed by atoms with Gasteiger partial charge in [0, 0.05) is 24.7 Å². The van der Waals surface area contributed by atoms with Crippen LogP contribution in [0.1, 0.15) is 44.1 Å².